The first-order chi connectivity index (χ1) is 15.6. The Kier molecular flexibility index (Phi) is 5.49. The summed E-state index contributed by atoms with van der Waals surface area (Å²) in [4.78, 5) is 33.3. The third kappa shape index (κ3) is 3.50. The highest BCUT2D eigenvalue weighted by atomic mass is 32.2. The van der Waals surface area contributed by atoms with E-state index in [0.29, 0.717) is 5.95 Å². The van der Waals surface area contributed by atoms with E-state index in [-0.39, 0.29) is 17.4 Å². The van der Waals surface area contributed by atoms with Crippen molar-refractivity contribution in [2.75, 3.05) is 21.7 Å². The van der Waals surface area contributed by atoms with Crippen molar-refractivity contribution in [1.82, 2.24) is 19.9 Å². The second-order valence-corrected chi connectivity index (χ2v) is 9.90. The zero-order chi connectivity index (χ0) is 22.3. The lowest BCUT2D eigenvalue weighted by Gasteiger charge is -2.24. The van der Waals surface area contributed by atoms with E-state index < -0.39 is 0 Å². The molecule has 1 saturated carbocycles. The van der Waals surface area contributed by atoms with Crippen LogP contribution in [0.1, 0.15) is 50.7 Å². The van der Waals surface area contributed by atoms with Crippen LogP contribution in [0, 0.1) is 6.92 Å². The van der Waals surface area contributed by atoms with Crippen molar-refractivity contribution in [3.8, 4) is 0 Å². The Hall–Kier alpha value is -2.74. The molecule has 1 saturated heterocycles. The smallest absolute Gasteiger partial charge is 0.239 e. The largest absolute Gasteiger partial charge is 0.324 e. The molecule has 4 heterocycles. The number of amides is 1. The molecule has 3 aromatic rings. The van der Waals surface area contributed by atoms with Crippen LogP contribution in [0.2, 0.25) is 0 Å². The summed E-state index contributed by atoms with van der Waals surface area (Å²) in [7, 11) is 0. The van der Waals surface area contributed by atoms with Crippen LogP contribution in [-0.2, 0) is 10.2 Å². The molecule has 1 aliphatic carbocycles. The van der Waals surface area contributed by atoms with Gasteiger partial charge < -0.3 is 5.32 Å². The molecule has 3 aliphatic rings. The predicted molar refractivity (Wildman–Crippen MR) is 130 cm³/mol. The lowest BCUT2D eigenvalue weighted by atomic mass is 10.0. The molecule has 1 unspecified atom stereocenters. The molecule has 0 bridgehead atoms. The second-order valence-electron chi connectivity index (χ2n) is 8.75. The quantitative estimate of drug-likeness (QED) is 0.618. The SMILES string of the molecule is CCC.Cc1cc2nccnc2cc1Nc1ncc2c(n1)N(C1CCSC1)C(=O)C21CC1. The van der Waals surface area contributed by atoms with Gasteiger partial charge in [-0.3, -0.25) is 19.7 Å². The van der Waals surface area contributed by atoms with Gasteiger partial charge in [-0.05, 0) is 49.6 Å². The fourth-order valence-electron chi connectivity index (χ4n) is 4.44. The van der Waals surface area contributed by atoms with Crippen LogP contribution in [0.15, 0.2) is 30.7 Å². The van der Waals surface area contributed by atoms with Crippen molar-refractivity contribution in [1.29, 1.82) is 0 Å². The maximum atomic E-state index is 13.2. The Bertz CT molecular complexity index is 1170. The Morgan fingerprint density at radius 2 is 1.88 bits per heavy atom. The van der Waals surface area contributed by atoms with Crippen LogP contribution >= 0.6 is 11.8 Å². The van der Waals surface area contributed by atoms with Gasteiger partial charge in [-0.15, -0.1) is 0 Å². The van der Waals surface area contributed by atoms with Gasteiger partial charge in [-0.2, -0.15) is 16.7 Å². The van der Waals surface area contributed by atoms with Crippen molar-refractivity contribution in [3.05, 3.63) is 41.9 Å². The van der Waals surface area contributed by atoms with E-state index in [1.54, 1.807) is 12.4 Å². The maximum Gasteiger partial charge on any atom is 0.239 e. The lowest BCUT2D eigenvalue weighted by Crippen LogP contribution is -2.41. The summed E-state index contributed by atoms with van der Waals surface area (Å²) in [6.07, 6.45) is 9.33. The number of aromatic nitrogens is 4. The minimum absolute atomic E-state index is 0.226. The van der Waals surface area contributed by atoms with Gasteiger partial charge in [-0.1, -0.05) is 20.3 Å². The molecule has 0 radical (unpaired) electrons. The van der Waals surface area contributed by atoms with E-state index in [4.69, 9.17) is 4.98 Å². The fraction of sp³-hybridized carbons (Fsp3) is 0.458. The molecule has 1 atom stereocenters. The van der Waals surface area contributed by atoms with E-state index in [0.717, 1.165) is 64.4 Å². The first kappa shape index (κ1) is 21.1. The zero-order valence-corrected chi connectivity index (χ0v) is 19.6. The van der Waals surface area contributed by atoms with Gasteiger partial charge in [0.1, 0.15) is 5.82 Å². The van der Waals surface area contributed by atoms with Crippen molar-refractivity contribution in [2.45, 2.75) is 57.9 Å². The lowest BCUT2D eigenvalue weighted by molar-refractivity contribution is -0.120. The summed E-state index contributed by atoms with van der Waals surface area (Å²) in [5.41, 5.74) is 4.27. The van der Waals surface area contributed by atoms with Gasteiger partial charge in [0.05, 0.1) is 16.4 Å². The first-order valence-electron chi connectivity index (χ1n) is 11.3. The molecule has 1 amide bonds. The van der Waals surface area contributed by atoms with Crippen LogP contribution in [0.25, 0.3) is 11.0 Å². The van der Waals surface area contributed by atoms with E-state index in [1.807, 2.05) is 41.9 Å². The molecule has 8 heteroatoms. The van der Waals surface area contributed by atoms with Crippen molar-refractivity contribution in [3.63, 3.8) is 0 Å². The van der Waals surface area contributed by atoms with Crippen LogP contribution in [0.3, 0.4) is 0 Å². The van der Waals surface area contributed by atoms with Crippen LogP contribution < -0.4 is 10.2 Å². The molecule has 1 spiro atoms. The first-order valence-corrected chi connectivity index (χ1v) is 12.5. The molecular formula is C24H28N6OS. The Labute approximate surface area is 192 Å². The number of rotatable bonds is 3. The number of benzene rings is 1. The van der Waals surface area contributed by atoms with Crippen LogP contribution in [0.5, 0.6) is 0 Å². The van der Waals surface area contributed by atoms with Crippen LogP contribution in [-0.4, -0.2) is 43.4 Å². The zero-order valence-electron chi connectivity index (χ0n) is 18.8. The molecule has 7 nitrogen and oxygen atoms in total. The average Bonchev–Trinajstić information content (AvgIpc) is 3.35. The number of thioether (sulfide) groups is 1. The fourth-order valence-corrected chi connectivity index (χ4v) is 5.63. The highest BCUT2D eigenvalue weighted by Gasteiger charge is 2.61. The van der Waals surface area contributed by atoms with Crippen molar-refractivity contribution >= 4 is 46.2 Å². The average molecular weight is 449 g/mol. The third-order valence-electron chi connectivity index (χ3n) is 6.22. The summed E-state index contributed by atoms with van der Waals surface area (Å²) < 4.78 is 0. The summed E-state index contributed by atoms with van der Waals surface area (Å²) in [6, 6.07) is 4.21. The van der Waals surface area contributed by atoms with Gasteiger partial charge in [0, 0.05) is 41.6 Å². The van der Waals surface area contributed by atoms with Gasteiger partial charge in [-0.25, -0.2) is 4.98 Å². The molecule has 1 N–H and O–H groups in total. The topological polar surface area (TPSA) is 83.9 Å². The summed E-state index contributed by atoms with van der Waals surface area (Å²) in [6.45, 7) is 6.27. The molecule has 2 aromatic heterocycles. The normalized spacial score (nSPS) is 20.3. The van der Waals surface area contributed by atoms with E-state index in [9.17, 15) is 4.79 Å². The van der Waals surface area contributed by atoms with Crippen LogP contribution in [0.4, 0.5) is 17.5 Å². The van der Waals surface area contributed by atoms with Gasteiger partial charge in [0.15, 0.2) is 0 Å². The van der Waals surface area contributed by atoms with Gasteiger partial charge >= 0.3 is 0 Å². The molecule has 2 fully saturated rings. The maximum absolute atomic E-state index is 13.2. The van der Waals surface area contributed by atoms with Gasteiger partial charge in [0.25, 0.3) is 0 Å². The van der Waals surface area contributed by atoms with Gasteiger partial charge in [0.2, 0.25) is 11.9 Å². The Morgan fingerprint density at radius 3 is 2.53 bits per heavy atom. The highest BCUT2D eigenvalue weighted by Crippen LogP contribution is 2.57. The molecule has 32 heavy (non-hydrogen) atoms. The number of aryl methyl sites for hydroxylation is 1. The minimum atomic E-state index is -0.352. The molecule has 6 rings (SSSR count). The minimum Gasteiger partial charge on any atom is -0.324 e. The molecular weight excluding hydrogens is 420 g/mol. The number of anilines is 3. The molecule has 166 valence electrons. The van der Waals surface area contributed by atoms with Crippen molar-refractivity contribution < 1.29 is 4.79 Å². The Morgan fingerprint density at radius 1 is 1.16 bits per heavy atom. The monoisotopic (exact) mass is 448 g/mol. The van der Waals surface area contributed by atoms with E-state index in [2.05, 4.69) is 34.1 Å². The van der Waals surface area contributed by atoms with E-state index >= 15 is 0 Å². The summed E-state index contributed by atoms with van der Waals surface area (Å²) in [5, 5.41) is 3.33. The predicted octanol–water partition coefficient (Wildman–Crippen LogP) is 4.77. The second kappa shape index (κ2) is 8.31. The standard InChI is InChI=1S/C21H20N6OS.C3H8/c1-12-8-16-17(23-6-5-22-16)9-15(12)25-20-24-10-14-18(26-20)27(13-2-7-29-11-13)19(28)21(14)3-4-21;1-3-2/h5-6,8-10,13H,2-4,7,11H2,1H3,(H,24,25,26);3H2,1-2H3. The van der Waals surface area contributed by atoms with E-state index in [1.165, 1.54) is 6.42 Å². The number of hydrogen-bond donors (Lipinski definition) is 1. The molecule has 1 aromatic carbocycles. The number of fused-ring (bicyclic) bond motifs is 3. The summed E-state index contributed by atoms with van der Waals surface area (Å²) >= 11 is 1.91. The number of hydrogen-bond acceptors (Lipinski definition) is 7. The number of nitrogens with one attached hydrogen (secondary N) is 1. The number of nitrogens with zero attached hydrogens (tertiary/aromatic N) is 5. The molecule has 2 aliphatic heterocycles. The van der Waals surface area contributed by atoms with Crippen molar-refractivity contribution in [2.24, 2.45) is 0 Å². The highest BCUT2D eigenvalue weighted by molar-refractivity contribution is 7.99. The number of carbonyl (C=O) groups excluding carboxylic acids is 1. The third-order valence-corrected chi connectivity index (χ3v) is 7.37. The number of carbonyl (C=O) groups is 1. The summed E-state index contributed by atoms with van der Waals surface area (Å²) in [5.74, 6) is 3.62. The Balaban J connectivity index is 0.000000684.